The van der Waals surface area contributed by atoms with Crippen LogP contribution in [0.5, 0.6) is 0 Å². The average Bonchev–Trinajstić information content (AvgIpc) is 1.83. The lowest BCUT2D eigenvalue weighted by Gasteiger charge is -2.01. The third-order valence-corrected chi connectivity index (χ3v) is 2.61. The molecular formula is C6H7ClN2O2S. The van der Waals surface area contributed by atoms with E-state index in [0.29, 0.717) is 0 Å². The molecule has 12 heavy (non-hydrogen) atoms. The van der Waals surface area contributed by atoms with Gasteiger partial charge in [0.2, 0.25) is 0 Å². The molecule has 1 heterocycles. The number of aromatic nitrogens is 1. The fourth-order valence-corrected chi connectivity index (χ4v) is 1.65. The van der Waals surface area contributed by atoms with Crippen LogP contribution in [0.1, 0.15) is 0 Å². The van der Waals surface area contributed by atoms with E-state index >= 15 is 0 Å². The first-order valence-corrected chi connectivity index (χ1v) is 5.30. The molecule has 1 rings (SSSR count). The lowest BCUT2D eigenvalue weighted by Crippen LogP contribution is -2.03. The molecule has 0 saturated heterocycles. The van der Waals surface area contributed by atoms with Gasteiger partial charge in [-0.3, -0.25) is 0 Å². The Balaban J connectivity index is 3.39. The Kier molecular flexibility index (Phi) is 2.25. The Hall–Kier alpha value is -0.810. The minimum absolute atomic E-state index is 0.00639. The van der Waals surface area contributed by atoms with Crippen LogP contribution < -0.4 is 5.73 Å². The number of anilines is 1. The van der Waals surface area contributed by atoms with Crippen LogP contribution in [0.2, 0.25) is 5.15 Å². The maximum Gasteiger partial charge on any atom is 0.179 e. The van der Waals surface area contributed by atoms with Crippen LogP contribution in [0.15, 0.2) is 17.0 Å². The van der Waals surface area contributed by atoms with Crippen molar-refractivity contribution in [1.82, 2.24) is 4.98 Å². The van der Waals surface area contributed by atoms with Crippen LogP contribution in [0.4, 0.5) is 5.82 Å². The standard InChI is InChI=1S/C6H7ClN2O2S/c1-12(10,11)4-2-3-5(7)9-6(4)8/h2-3H,1H3,(H2,8,9). The molecule has 0 amide bonds. The van der Waals surface area contributed by atoms with Gasteiger partial charge < -0.3 is 5.73 Å². The van der Waals surface area contributed by atoms with Crippen molar-refractivity contribution in [3.8, 4) is 0 Å². The number of halogens is 1. The number of sulfone groups is 1. The largest absolute Gasteiger partial charge is 0.383 e. The second-order valence-corrected chi connectivity index (χ2v) is 4.66. The fraction of sp³-hybridized carbons (Fsp3) is 0.167. The summed E-state index contributed by atoms with van der Waals surface area (Å²) in [4.78, 5) is 3.61. The highest BCUT2D eigenvalue weighted by Gasteiger charge is 2.11. The second-order valence-electron chi connectivity index (χ2n) is 2.29. The maximum absolute atomic E-state index is 11.0. The number of nitrogens with zero attached hydrogens (tertiary/aromatic N) is 1. The molecule has 0 aliphatic carbocycles. The van der Waals surface area contributed by atoms with Crippen LogP contribution in [-0.4, -0.2) is 19.7 Å². The summed E-state index contributed by atoms with van der Waals surface area (Å²) in [5.41, 5.74) is 5.33. The summed E-state index contributed by atoms with van der Waals surface area (Å²) in [6.07, 6.45) is 1.06. The SMILES string of the molecule is CS(=O)(=O)c1ccc(Cl)nc1N. The van der Waals surface area contributed by atoms with E-state index in [0.717, 1.165) is 6.26 Å². The van der Waals surface area contributed by atoms with Crippen molar-refractivity contribution in [2.24, 2.45) is 0 Å². The highest BCUT2D eigenvalue weighted by Crippen LogP contribution is 2.17. The van der Waals surface area contributed by atoms with Crippen LogP contribution >= 0.6 is 11.6 Å². The van der Waals surface area contributed by atoms with E-state index in [1.165, 1.54) is 12.1 Å². The number of nitrogen functional groups attached to an aromatic ring is 1. The molecule has 0 atom stereocenters. The van der Waals surface area contributed by atoms with Gasteiger partial charge in [-0.2, -0.15) is 0 Å². The molecule has 0 aliphatic rings. The van der Waals surface area contributed by atoms with Crippen molar-refractivity contribution in [2.75, 3.05) is 12.0 Å². The van der Waals surface area contributed by atoms with Crippen LogP contribution in [0.25, 0.3) is 0 Å². The average molecular weight is 207 g/mol. The Labute approximate surface area is 75.3 Å². The van der Waals surface area contributed by atoms with Crippen LogP contribution in [-0.2, 0) is 9.84 Å². The molecule has 2 N–H and O–H groups in total. The van der Waals surface area contributed by atoms with E-state index in [9.17, 15) is 8.42 Å². The summed E-state index contributed by atoms with van der Waals surface area (Å²) in [6.45, 7) is 0. The molecule has 0 aromatic carbocycles. The van der Waals surface area contributed by atoms with Crippen molar-refractivity contribution >= 4 is 27.3 Å². The minimum Gasteiger partial charge on any atom is -0.383 e. The summed E-state index contributed by atoms with van der Waals surface area (Å²) in [7, 11) is -3.30. The molecule has 4 nitrogen and oxygen atoms in total. The van der Waals surface area contributed by atoms with Gasteiger partial charge in [0.25, 0.3) is 0 Å². The van der Waals surface area contributed by atoms with E-state index in [1.807, 2.05) is 0 Å². The van der Waals surface area contributed by atoms with Crippen molar-refractivity contribution in [3.05, 3.63) is 17.3 Å². The Morgan fingerprint density at radius 3 is 2.50 bits per heavy atom. The summed E-state index contributed by atoms with van der Waals surface area (Å²) in [5.74, 6) is -0.0648. The van der Waals surface area contributed by atoms with Crippen LogP contribution in [0, 0.1) is 0 Å². The Bertz CT molecular complexity index is 402. The second kappa shape index (κ2) is 2.91. The molecule has 0 radical (unpaired) electrons. The molecule has 0 fully saturated rings. The monoisotopic (exact) mass is 206 g/mol. The predicted octanol–water partition coefficient (Wildman–Crippen LogP) is 0.721. The van der Waals surface area contributed by atoms with E-state index < -0.39 is 9.84 Å². The van der Waals surface area contributed by atoms with Gasteiger partial charge in [0.05, 0.1) is 0 Å². The van der Waals surface area contributed by atoms with E-state index in [2.05, 4.69) is 4.98 Å². The van der Waals surface area contributed by atoms with Gasteiger partial charge in [0.15, 0.2) is 9.84 Å². The highest BCUT2D eigenvalue weighted by atomic mass is 35.5. The Morgan fingerprint density at radius 1 is 1.50 bits per heavy atom. The molecule has 1 aromatic rings. The Morgan fingerprint density at radius 2 is 2.08 bits per heavy atom. The minimum atomic E-state index is -3.30. The number of rotatable bonds is 1. The van der Waals surface area contributed by atoms with E-state index in [-0.39, 0.29) is 15.9 Å². The van der Waals surface area contributed by atoms with E-state index in [4.69, 9.17) is 17.3 Å². The summed E-state index contributed by atoms with van der Waals surface area (Å²) in [5, 5.41) is 0.180. The number of hydrogen-bond acceptors (Lipinski definition) is 4. The molecule has 66 valence electrons. The molecule has 0 aliphatic heterocycles. The van der Waals surface area contributed by atoms with Crippen LogP contribution in [0.3, 0.4) is 0 Å². The van der Waals surface area contributed by atoms with Gasteiger partial charge in [-0.1, -0.05) is 11.6 Å². The molecule has 1 aromatic heterocycles. The zero-order valence-electron chi connectivity index (χ0n) is 6.28. The summed E-state index contributed by atoms with van der Waals surface area (Å²) >= 11 is 5.48. The molecular weight excluding hydrogens is 200 g/mol. The van der Waals surface area contributed by atoms with Gasteiger partial charge in [-0.25, -0.2) is 13.4 Å². The van der Waals surface area contributed by atoms with Crippen molar-refractivity contribution in [3.63, 3.8) is 0 Å². The molecule has 0 saturated carbocycles. The summed E-state index contributed by atoms with van der Waals surface area (Å²) < 4.78 is 22.0. The van der Waals surface area contributed by atoms with Crippen molar-refractivity contribution in [1.29, 1.82) is 0 Å². The highest BCUT2D eigenvalue weighted by molar-refractivity contribution is 7.90. The van der Waals surface area contributed by atoms with Gasteiger partial charge in [0.1, 0.15) is 15.9 Å². The number of pyridine rings is 1. The lowest BCUT2D eigenvalue weighted by atomic mass is 10.5. The first-order valence-electron chi connectivity index (χ1n) is 3.03. The van der Waals surface area contributed by atoms with Gasteiger partial charge in [-0.15, -0.1) is 0 Å². The zero-order chi connectivity index (χ0) is 9.35. The fourth-order valence-electron chi connectivity index (χ4n) is 0.751. The topological polar surface area (TPSA) is 73.0 Å². The van der Waals surface area contributed by atoms with Crippen molar-refractivity contribution in [2.45, 2.75) is 4.90 Å². The van der Waals surface area contributed by atoms with Gasteiger partial charge in [0, 0.05) is 6.26 Å². The molecule has 0 spiro atoms. The van der Waals surface area contributed by atoms with E-state index in [1.54, 1.807) is 0 Å². The molecule has 0 unspecified atom stereocenters. The van der Waals surface area contributed by atoms with Gasteiger partial charge in [-0.05, 0) is 12.1 Å². The summed E-state index contributed by atoms with van der Waals surface area (Å²) in [6, 6.07) is 2.72. The first-order chi connectivity index (χ1) is 5.41. The first kappa shape index (κ1) is 9.28. The van der Waals surface area contributed by atoms with Crippen molar-refractivity contribution < 1.29 is 8.42 Å². The number of hydrogen-bond donors (Lipinski definition) is 1. The molecule has 6 heteroatoms. The third kappa shape index (κ3) is 1.86. The normalized spacial score (nSPS) is 11.5. The lowest BCUT2D eigenvalue weighted by molar-refractivity contribution is 0.602. The quantitative estimate of drug-likeness (QED) is 0.688. The van der Waals surface area contributed by atoms with Gasteiger partial charge >= 0.3 is 0 Å². The predicted molar refractivity (Wildman–Crippen MR) is 46.8 cm³/mol. The third-order valence-electron chi connectivity index (χ3n) is 1.25. The zero-order valence-corrected chi connectivity index (χ0v) is 7.85. The number of nitrogens with two attached hydrogens (primary N) is 1. The molecule has 0 bridgehead atoms. The maximum atomic E-state index is 11.0. The smallest absolute Gasteiger partial charge is 0.179 e.